The Balaban J connectivity index is 1.64. The van der Waals surface area contributed by atoms with E-state index < -0.39 is 0 Å². The van der Waals surface area contributed by atoms with Crippen molar-refractivity contribution in [1.29, 1.82) is 0 Å². The van der Waals surface area contributed by atoms with Crippen LogP contribution >= 0.6 is 0 Å². The Kier molecular flexibility index (Phi) is 4.01. The molecule has 1 aliphatic heterocycles. The SMILES string of the molecule is Cn1ccc(NC(=O)[C@@H]2CCCN2Cc2ccccc2)n1. The fourth-order valence-electron chi connectivity index (χ4n) is 2.82. The number of nitrogens with zero attached hydrogens (tertiary/aromatic N) is 3. The highest BCUT2D eigenvalue weighted by Gasteiger charge is 2.30. The van der Waals surface area contributed by atoms with E-state index in [-0.39, 0.29) is 11.9 Å². The van der Waals surface area contributed by atoms with Gasteiger partial charge in [0.1, 0.15) is 0 Å². The number of hydrogen-bond donors (Lipinski definition) is 1. The zero-order chi connectivity index (χ0) is 14.7. The molecule has 21 heavy (non-hydrogen) atoms. The van der Waals surface area contributed by atoms with Gasteiger partial charge in [-0.15, -0.1) is 0 Å². The normalized spacial score (nSPS) is 18.8. The summed E-state index contributed by atoms with van der Waals surface area (Å²) in [6.07, 6.45) is 3.80. The van der Waals surface area contributed by atoms with Gasteiger partial charge in [-0.25, -0.2) is 0 Å². The largest absolute Gasteiger partial charge is 0.308 e. The first-order valence-corrected chi connectivity index (χ1v) is 7.31. The van der Waals surface area contributed by atoms with Gasteiger partial charge in [-0.05, 0) is 24.9 Å². The molecule has 1 fully saturated rings. The summed E-state index contributed by atoms with van der Waals surface area (Å²) in [6, 6.07) is 12.0. The van der Waals surface area contributed by atoms with Crippen molar-refractivity contribution in [3.63, 3.8) is 0 Å². The molecule has 1 saturated heterocycles. The molecule has 0 radical (unpaired) electrons. The Hall–Kier alpha value is -2.14. The maximum absolute atomic E-state index is 12.4. The highest BCUT2D eigenvalue weighted by molar-refractivity contribution is 5.94. The minimum absolute atomic E-state index is 0.0436. The zero-order valence-electron chi connectivity index (χ0n) is 12.2. The van der Waals surface area contributed by atoms with Crippen LogP contribution in [0.4, 0.5) is 5.82 Å². The van der Waals surface area contributed by atoms with Gasteiger partial charge in [-0.3, -0.25) is 14.4 Å². The molecule has 1 aromatic heterocycles. The van der Waals surface area contributed by atoms with Crippen molar-refractivity contribution in [2.45, 2.75) is 25.4 Å². The van der Waals surface area contributed by atoms with Crippen molar-refractivity contribution in [1.82, 2.24) is 14.7 Å². The van der Waals surface area contributed by atoms with Gasteiger partial charge < -0.3 is 5.32 Å². The summed E-state index contributed by atoms with van der Waals surface area (Å²) in [5.74, 6) is 0.663. The molecule has 5 heteroatoms. The van der Waals surface area contributed by atoms with E-state index in [1.54, 1.807) is 4.68 Å². The van der Waals surface area contributed by atoms with Crippen molar-refractivity contribution < 1.29 is 4.79 Å². The Labute approximate surface area is 124 Å². The van der Waals surface area contributed by atoms with Crippen LogP contribution in [0.15, 0.2) is 42.6 Å². The maximum atomic E-state index is 12.4. The van der Waals surface area contributed by atoms with Crippen LogP contribution in [0.25, 0.3) is 0 Å². The number of nitrogens with one attached hydrogen (secondary N) is 1. The maximum Gasteiger partial charge on any atom is 0.242 e. The monoisotopic (exact) mass is 284 g/mol. The minimum Gasteiger partial charge on any atom is -0.308 e. The number of hydrogen-bond acceptors (Lipinski definition) is 3. The molecular weight excluding hydrogens is 264 g/mol. The standard InChI is InChI=1S/C16H20N4O/c1-19-11-9-15(18-19)17-16(21)14-8-5-10-20(14)12-13-6-3-2-4-7-13/h2-4,6-7,9,11,14H,5,8,10,12H2,1H3,(H,17,18,21)/t14-/m0/s1. The van der Waals surface area contributed by atoms with Gasteiger partial charge in [0.15, 0.2) is 5.82 Å². The second-order valence-corrected chi connectivity index (χ2v) is 5.48. The molecule has 0 bridgehead atoms. The van der Waals surface area contributed by atoms with Crippen molar-refractivity contribution in [2.24, 2.45) is 7.05 Å². The topological polar surface area (TPSA) is 50.2 Å². The molecule has 1 amide bonds. The second-order valence-electron chi connectivity index (χ2n) is 5.48. The third kappa shape index (κ3) is 3.31. The Morgan fingerprint density at radius 3 is 2.86 bits per heavy atom. The van der Waals surface area contributed by atoms with Crippen molar-refractivity contribution >= 4 is 11.7 Å². The fraction of sp³-hybridized carbons (Fsp3) is 0.375. The highest BCUT2D eigenvalue weighted by atomic mass is 16.2. The summed E-state index contributed by atoms with van der Waals surface area (Å²) in [6.45, 7) is 1.79. The highest BCUT2D eigenvalue weighted by Crippen LogP contribution is 2.21. The van der Waals surface area contributed by atoms with Gasteiger partial charge in [0.25, 0.3) is 0 Å². The second kappa shape index (κ2) is 6.10. The van der Waals surface area contributed by atoms with Gasteiger partial charge >= 0.3 is 0 Å². The smallest absolute Gasteiger partial charge is 0.242 e. The third-order valence-electron chi connectivity index (χ3n) is 3.86. The zero-order valence-corrected chi connectivity index (χ0v) is 12.2. The lowest BCUT2D eigenvalue weighted by Gasteiger charge is -2.23. The fourth-order valence-corrected chi connectivity index (χ4v) is 2.82. The molecular formula is C16H20N4O. The van der Waals surface area contributed by atoms with E-state index in [1.807, 2.05) is 37.5 Å². The predicted octanol–water partition coefficient (Wildman–Crippen LogP) is 2.02. The van der Waals surface area contributed by atoms with E-state index in [1.165, 1.54) is 5.56 Å². The summed E-state index contributed by atoms with van der Waals surface area (Å²) in [7, 11) is 1.84. The van der Waals surface area contributed by atoms with Crippen molar-refractivity contribution in [3.05, 3.63) is 48.2 Å². The molecule has 0 spiro atoms. The Morgan fingerprint density at radius 2 is 2.14 bits per heavy atom. The van der Waals surface area contributed by atoms with Crippen molar-refractivity contribution in [2.75, 3.05) is 11.9 Å². The average molecular weight is 284 g/mol. The average Bonchev–Trinajstić information content (AvgIpc) is 3.09. The van der Waals surface area contributed by atoms with Gasteiger partial charge in [0, 0.05) is 25.9 Å². The molecule has 1 atom stereocenters. The van der Waals surface area contributed by atoms with Gasteiger partial charge in [0.2, 0.25) is 5.91 Å². The Morgan fingerprint density at radius 1 is 1.33 bits per heavy atom. The molecule has 0 aliphatic carbocycles. The summed E-state index contributed by atoms with van der Waals surface area (Å²) >= 11 is 0. The van der Waals surface area contributed by atoms with Crippen molar-refractivity contribution in [3.8, 4) is 0 Å². The quantitative estimate of drug-likeness (QED) is 0.934. The minimum atomic E-state index is -0.0628. The van der Waals surface area contributed by atoms with Crippen LogP contribution in [0.5, 0.6) is 0 Å². The number of likely N-dealkylation sites (tertiary alicyclic amines) is 1. The number of carbonyl (C=O) groups is 1. The number of aromatic nitrogens is 2. The Bertz CT molecular complexity index is 608. The first-order chi connectivity index (χ1) is 10.2. The molecule has 2 aromatic rings. The van der Waals surface area contributed by atoms with E-state index >= 15 is 0 Å². The van der Waals surface area contributed by atoms with Crippen LogP contribution in [0, 0.1) is 0 Å². The van der Waals surface area contributed by atoms with E-state index in [0.29, 0.717) is 5.82 Å². The third-order valence-corrected chi connectivity index (χ3v) is 3.86. The number of benzene rings is 1. The molecule has 1 aliphatic rings. The van der Waals surface area contributed by atoms with E-state index in [4.69, 9.17) is 0 Å². The number of amides is 1. The first-order valence-electron chi connectivity index (χ1n) is 7.31. The molecule has 2 heterocycles. The van der Waals surface area contributed by atoms with E-state index in [2.05, 4.69) is 27.4 Å². The number of aryl methyl sites for hydroxylation is 1. The van der Waals surface area contributed by atoms with Gasteiger partial charge in [-0.2, -0.15) is 5.10 Å². The predicted molar refractivity (Wildman–Crippen MR) is 81.7 cm³/mol. The van der Waals surface area contributed by atoms with E-state index in [0.717, 1.165) is 25.9 Å². The number of carbonyl (C=O) groups excluding carboxylic acids is 1. The lowest BCUT2D eigenvalue weighted by atomic mass is 10.1. The molecule has 110 valence electrons. The van der Waals surface area contributed by atoms with Crippen LogP contribution in [0.3, 0.4) is 0 Å². The summed E-state index contributed by atoms with van der Waals surface area (Å²) in [4.78, 5) is 14.7. The first kappa shape index (κ1) is 13.8. The molecule has 1 N–H and O–H groups in total. The molecule has 3 rings (SSSR count). The molecule has 5 nitrogen and oxygen atoms in total. The lowest BCUT2D eigenvalue weighted by Crippen LogP contribution is -2.39. The van der Waals surface area contributed by atoms with Crippen LogP contribution in [-0.2, 0) is 18.4 Å². The van der Waals surface area contributed by atoms with Crippen LogP contribution < -0.4 is 5.32 Å². The summed E-state index contributed by atoms with van der Waals surface area (Å²) < 4.78 is 1.69. The van der Waals surface area contributed by atoms with Gasteiger partial charge in [0.05, 0.1) is 6.04 Å². The van der Waals surface area contributed by atoms with E-state index in [9.17, 15) is 4.79 Å². The van der Waals surface area contributed by atoms with Crippen LogP contribution in [0.1, 0.15) is 18.4 Å². The number of anilines is 1. The van der Waals surface area contributed by atoms with Crippen LogP contribution in [-0.4, -0.2) is 33.2 Å². The molecule has 0 unspecified atom stereocenters. The van der Waals surface area contributed by atoms with Crippen LogP contribution in [0.2, 0.25) is 0 Å². The lowest BCUT2D eigenvalue weighted by molar-refractivity contribution is -0.120. The number of rotatable bonds is 4. The summed E-state index contributed by atoms with van der Waals surface area (Å²) in [5, 5.41) is 7.11. The summed E-state index contributed by atoms with van der Waals surface area (Å²) in [5.41, 5.74) is 1.25. The molecule has 1 aromatic carbocycles. The van der Waals surface area contributed by atoms with Gasteiger partial charge in [-0.1, -0.05) is 30.3 Å². The molecule has 0 saturated carbocycles.